The van der Waals surface area contributed by atoms with Crippen LogP contribution in [0.15, 0.2) is 24.3 Å². The number of hydrogen-bond donors (Lipinski definition) is 2. The molecule has 1 rings (SSSR count). The number of aliphatic hydroxyl groups excluding tert-OH is 1. The molecule has 0 aliphatic carbocycles. The Balaban J connectivity index is 2.72. The molecule has 0 bridgehead atoms. The minimum atomic E-state index is -2.83. The van der Waals surface area contributed by atoms with Crippen LogP contribution in [0.25, 0.3) is 0 Å². The molecular formula is C10H13F2NO2. The lowest BCUT2D eigenvalue weighted by atomic mass is 10.0. The summed E-state index contributed by atoms with van der Waals surface area (Å²) in [5, 5.41) is 9.21. The molecule has 0 radical (unpaired) electrons. The molecule has 0 aliphatic rings. The van der Waals surface area contributed by atoms with Crippen molar-refractivity contribution in [1.29, 1.82) is 0 Å². The van der Waals surface area contributed by atoms with E-state index in [9.17, 15) is 13.9 Å². The molecule has 0 fully saturated rings. The molecule has 1 aromatic carbocycles. The summed E-state index contributed by atoms with van der Waals surface area (Å²) >= 11 is 0. The summed E-state index contributed by atoms with van der Waals surface area (Å²) in [7, 11) is 0. The van der Waals surface area contributed by atoms with E-state index in [-0.39, 0.29) is 5.75 Å². The molecule has 5 heteroatoms. The van der Waals surface area contributed by atoms with Crippen molar-refractivity contribution < 1.29 is 18.6 Å². The monoisotopic (exact) mass is 217 g/mol. The first-order valence-corrected chi connectivity index (χ1v) is 4.49. The van der Waals surface area contributed by atoms with Crippen molar-refractivity contribution in [1.82, 2.24) is 0 Å². The molecule has 3 nitrogen and oxygen atoms in total. The van der Waals surface area contributed by atoms with Gasteiger partial charge in [-0.1, -0.05) is 12.1 Å². The molecule has 0 saturated carbocycles. The van der Waals surface area contributed by atoms with E-state index in [1.54, 1.807) is 19.1 Å². The quantitative estimate of drug-likeness (QED) is 0.806. The topological polar surface area (TPSA) is 55.5 Å². The number of ether oxygens (including phenoxy) is 1. The number of alkyl halides is 2. The molecule has 1 unspecified atom stereocenters. The van der Waals surface area contributed by atoms with E-state index in [1.807, 2.05) is 0 Å². The van der Waals surface area contributed by atoms with E-state index in [0.29, 0.717) is 5.56 Å². The van der Waals surface area contributed by atoms with Crippen molar-refractivity contribution >= 4 is 0 Å². The van der Waals surface area contributed by atoms with Crippen molar-refractivity contribution in [2.45, 2.75) is 25.7 Å². The van der Waals surface area contributed by atoms with Gasteiger partial charge in [0.05, 0.1) is 12.1 Å². The molecule has 0 spiro atoms. The van der Waals surface area contributed by atoms with Gasteiger partial charge in [0.1, 0.15) is 5.75 Å². The van der Waals surface area contributed by atoms with Crippen LogP contribution in [-0.2, 0) is 0 Å². The Morgan fingerprint density at radius 3 is 2.20 bits per heavy atom. The first kappa shape index (κ1) is 11.9. The lowest BCUT2D eigenvalue weighted by Crippen LogP contribution is -2.22. The largest absolute Gasteiger partial charge is 0.435 e. The highest BCUT2D eigenvalue weighted by Gasteiger charge is 2.12. The molecule has 3 N–H and O–H groups in total. The Morgan fingerprint density at radius 1 is 1.27 bits per heavy atom. The van der Waals surface area contributed by atoms with Crippen LogP contribution in [0.1, 0.15) is 18.5 Å². The third kappa shape index (κ3) is 3.45. The van der Waals surface area contributed by atoms with Crippen molar-refractivity contribution in [2.24, 2.45) is 5.73 Å². The maximum atomic E-state index is 11.8. The summed E-state index contributed by atoms with van der Waals surface area (Å²) in [5.74, 6) is 0.0755. The Labute approximate surface area is 86.5 Å². The molecule has 2 atom stereocenters. The van der Waals surface area contributed by atoms with Gasteiger partial charge in [-0.05, 0) is 24.6 Å². The first-order valence-electron chi connectivity index (χ1n) is 4.49. The highest BCUT2D eigenvalue weighted by atomic mass is 19.3. The molecule has 1 aromatic rings. The van der Waals surface area contributed by atoms with Crippen molar-refractivity contribution in [3.05, 3.63) is 29.8 Å². The van der Waals surface area contributed by atoms with Gasteiger partial charge in [0, 0.05) is 0 Å². The van der Waals surface area contributed by atoms with Crippen molar-refractivity contribution in [3.8, 4) is 5.75 Å². The smallest absolute Gasteiger partial charge is 0.387 e. The number of halogens is 2. The van der Waals surface area contributed by atoms with E-state index in [2.05, 4.69) is 4.74 Å². The Kier molecular flexibility index (Phi) is 3.99. The second kappa shape index (κ2) is 5.04. The number of aliphatic hydroxyl groups is 1. The van der Waals surface area contributed by atoms with Gasteiger partial charge in [-0.2, -0.15) is 8.78 Å². The van der Waals surface area contributed by atoms with Gasteiger partial charge in [0.2, 0.25) is 0 Å². The third-order valence-electron chi connectivity index (χ3n) is 2.01. The summed E-state index contributed by atoms with van der Waals surface area (Å²) in [6.45, 7) is -1.27. The van der Waals surface area contributed by atoms with Gasteiger partial charge >= 0.3 is 6.61 Å². The lowest BCUT2D eigenvalue weighted by molar-refractivity contribution is -0.0498. The Hall–Kier alpha value is -1.20. The van der Waals surface area contributed by atoms with Crippen LogP contribution in [-0.4, -0.2) is 17.8 Å². The molecule has 15 heavy (non-hydrogen) atoms. The van der Waals surface area contributed by atoms with E-state index in [4.69, 9.17) is 5.73 Å². The first-order chi connectivity index (χ1) is 7.00. The zero-order valence-corrected chi connectivity index (χ0v) is 8.23. The zero-order chi connectivity index (χ0) is 11.4. The van der Waals surface area contributed by atoms with Crippen molar-refractivity contribution in [2.75, 3.05) is 0 Å². The molecule has 0 saturated heterocycles. The van der Waals surface area contributed by atoms with Crippen LogP contribution < -0.4 is 10.5 Å². The molecule has 0 aliphatic heterocycles. The lowest BCUT2D eigenvalue weighted by Gasteiger charge is -2.15. The van der Waals surface area contributed by atoms with Crippen LogP contribution in [0.3, 0.4) is 0 Å². The van der Waals surface area contributed by atoms with E-state index in [0.717, 1.165) is 0 Å². The molecule has 0 amide bonds. The average Bonchev–Trinajstić information content (AvgIpc) is 2.17. The third-order valence-corrected chi connectivity index (χ3v) is 2.01. The summed E-state index contributed by atoms with van der Waals surface area (Å²) in [5.41, 5.74) is 6.32. The predicted octanol–water partition coefficient (Wildman–Crippen LogP) is 1.67. The maximum absolute atomic E-state index is 11.8. The van der Waals surface area contributed by atoms with Gasteiger partial charge in [-0.3, -0.25) is 0 Å². The Morgan fingerprint density at radius 2 is 1.80 bits per heavy atom. The standard InChI is InChI=1S/C10H13F2NO2/c1-6(14)9(13)7-2-4-8(5-3-7)15-10(11)12/h2-6,9-10,14H,13H2,1H3/t6?,9-/m1/s1. The molecule has 0 heterocycles. The summed E-state index contributed by atoms with van der Waals surface area (Å²) in [6, 6.07) is 5.36. The van der Waals surface area contributed by atoms with E-state index in [1.165, 1.54) is 12.1 Å². The number of rotatable bonds is 4. The van der Waals surface area contributed by atoms with Crippen molar-refractivity contribution in [3.63, 3.8) is 0 Å². The summed E-state index contributed by atoms with van der Waals surface area (Å²) in [6.07, 6.45) is -0.688. The van der Waals surface area contributed by atoms with Crippen LogP contribution in [0.2, 0.25) is 0 Å². The second-order valence-electron chi connectivity index (χ2n) is 3.21. The SMILES string of the molecule is CC(O)[C@@H](N)c1ccc(OC(F)F)cc1. The van der Waals surface area contributed by atoms with E-state index >= 15 is 0 Å². The highest BCUT2D eigenvalue weighted by Crippen LogP contribution is 2.19. The second-order valence-corrected chi connectivity index (χ2v) is 3.21. The number of hydrogen-bond acceptors (Lipinski definition) is 3. The average molecular weight is 217 g/mol. The fourth-order valence-corrected chi connectivity index (χ4v) is 1.15. The van der Waals surface area contributed by atoms with Crippen LogP contribution in [0.4, 0.5) is 8.78 Å². The van der Waals surface area contributed by atoms with Gasteiger partial charge in [0.15, 0.2) is 0 Å². The van der Waals surface area contributed by atoms with Crippen LogP contribution in [0.5, 0.6) is 5.75 Å². The van der Waals surface area contributed by atoms with Crippen LogP contribution in [0, 0.1) is 0 Å². The number of benzene rings is 1. The normalized spacial score (nSPS) is 15.1. The molecule has 0 aromatic heterocycles. The zero-order valence-electron chi connectivity index (χ0n) is 8.23. The number of nitrogens with two attached hydrogens (primary N) is 1. The van der Waals surface area contributed by atoms with Gasteiger partial charge < -0.3 is 15.6 Å². The van der Waals surface area contributed by atoms with Gasteiger partial charge in [0.25, 0.3) is 0 Å². The van der Waals surface area contributed by atoms with Gasteiger partial charge in [-0.15, -0.1) is 0 Å². The fourth-order valence-electron chi connectivity index (χ4n) is 1.15. The predicted molar refractivity (Wildman–Crippen MR) is 51.7 cm³/mol. The molecule has 84 valence electrons. The minimum Gasteiger partial charge on any atom is -0.435 e. The maximum Gasteiger partial charge on any atom is 0.387 e. The summed E-state index contributed by atoms with van der Waals surface area (Å²) in [4.78, 5) is 0. The molecular weight excluding hydrogens is 204 g/mol. The van der Waals surface area contributed by atoms with E-state index < -0.39 is 18.8 Å². The summed E-state index contributed by atoms with van der Waals surface area (Å²) < 4.78 is 27.8. The Bertz CT molecular complexity index is 301. The highest BCUT2D eigenvalue weighted by molar-refractivity contribution is 5.29. The fraction of sp³-hybridized carbons (Fsp3) is 0.400. The minimum absolute atomic E-state index is 0.0755. The van der Waals surface area contributed by atoms with Gasteiger partial charge in [-0.25, -0.2) is 0 Å². The van der Waals surface area contributed by atoms with Crippen LogP contribution >= 0.6 is 0 Å².